The van der Waals surface area contributed by atoms with Crippen LogP contribution in [0.1, 0.15) is 12.5 Å². The summed E-state index contributed by atoms with van der Waals surface area (Å²) < 4.78 is 1.50. The highest BCUT2D eigenvalue weighted by atomic mass is 32.2. The average molecular weight is 380 g/mol. The minimum absolute atomic E-state index is 0.136. The lowest BCUT2D eigenvalue weighted by Gasteiger charge is -2.11. The van der Waals surface area contributed by atoms with Crippen LogP contribution in [0.5, 0.6) is 0 Å². The zero-order chi connectivity index (χ0) is 19.2. The fourth-order valence-corrected chi connectivity index (χ4v) is 3.38. The third-order valence-corrected chi connectivity index (χ3v) is 4.96. The standard InChI is InChI=1S/C20H20N4O2S/c1-3-12-24-19(26)16-6-5-11-21-18(16)23-20(24)27-13-17(25)22-15-9-7-14(4-2)8-10-15/h3,5-11H,1,4,12-13H2,2H3,(H,22,25). The number of hydrogen-bond donors (Lipinski definition) is 1. The molecule has 3 rings (SSSR count). The normalized spacial score (nSPS) is 10.7. The van der Waals surface area contributed by atoms with E-state index in [0.29, 0.717) is 22.7 Å². The van der Waals surface area contributed by atoms with E-state index < -0.39 is 0 Å². The van der Waals surface area contributed by atoms with Crippen LogP contribution < -0.4 is 10.9 Å². The quantitative estimate of drug-likeness (QED) is 0.387. The van der Waals surface area contributed by atoms with E-state index in [4.69, 9.17) is 0 Å². The van der Waals surface area contributed by atoms with E-state index >= 15 is 0 Å². The van der Waals surface area contributed by atoms with E-state index in [2.05, 4.69) is 28.8 Å². The van der Waals surface area contributed by atoms with Crippen molar-refractivity contribution in [3.05, 3.63) is 71.2 Å². The van der Waals surface area contributed by atoms with Crippen LogP contribution in [0.15, 0.2) is 65.2 Å². The van der Waals surface area contributed by atoms with E-state index in [9.17, 15) is 9.59 Å². The molecule has 0 atom stereocenters. The molecule has 0 aliphatic heterocycles. The fourth-order valence-electron chi connectivity index (χ4n) is 2.59. The van der Waals surface area contributed by atoms with Crippen LogP contribution in [0.4, 0.5) is 5.69 Å². The number of thioether (sulfide) groups is 1. The molecule has 1 aromatic carbocycles. The fraction of sp³-hybridized carbons (Fsp3) is 0.200. The number of rotatable bonds is 7. The molecule has 138 valence electrons. The van der Waals surface area contributed by atoms with Crippen molar-refractivity contribution in [3.8, 4) is 0 Å². The second kappa shape index (κ2) is 8.64. The van der Waals surface area contributed by atoms with Gasteiger partial charge in [-0.25, -0.2) is 9.97 Å². The van der Waals surface area contributed by atoms with Gasteiger partial charge in [-0.2, -0.15) is 0 Å². The van der Waals surface area contributed by atoms with Gasteiger partial charge in [0.05, 0.1) is 11.1 Å². The monoisotopic (exact) mass is 380 g/mol. The van der Waals surface area contributed by atoms with Crippen LogP contribution in [-0.4, -0.2) is 26.2 Å². The van der Waals surface area contributed by atoms with Crippen molar-refractivity contribution >= 4 is 34.4 Å². The number of fused-ring (bicyclic) bond motifs is 1. The number of aryl methyl sites for hydroxylation is 1. The van der Waals surface area contributed by atoms with Gasteiger partial charge in [0, 0.05) is 18.4 Å². The van der Waals surface area contributed by atoms with Gasteiger partial charge < -0.3 is 5.32 Å². The van der Waals surface area contributed by atoms with Crippen molar-refractivity contribution in [1.82, 2.24) is 14.5 Å². The SMILES string of the molecule is C=CCn1c(SCC(=O)Nc2ccc(CC)cc2)nc2ncccc2c1=O. The van der Waals surface area contributed by atoms with E-state index in [1.165, 1.54) is 21.9 Å². The predicted molar refractivity (Wildman–Crippen MR) is 109 cm³/mol. The Morgan fingerprint density at radius 1 is 1.30 bits per heavy atom. The van der Waals surface area contributed by atoms with Gasteiger partial charge in [0.2, 0.25) is 5.91 Å². The van der Waals surface area contributed by atoms with Gasteiger partial charge in [-0.15, -0.1) is 6.58 Å². The van der Waals surface area contributed by atoms with Gasteiger partial charge in [0.15, 0.2) is 10.8 Å². The molecule has 0 fully saturated rings. The lowest BCUT2D eigenvalue weighted by Crippen LogP contribution is -2.24. The maximum Gasteiger partial charge on any atom is 0.263 e. The summed E-state index contributed by atoms with van der Waals surface area (Å²) in [6.07, 6.45) is 4.17. The first kappa shape index (κ1) is 18.8. The third-order valence-electron chi connectivity index (χ3n) is 3.98. The Morgan fingerprint density at radius 2 is 2.07 bits per heavy atom. The molecule has 0 bridgehead atoms. The molecule has 3 aromatic rings. The first-order chi connectivity index (χ1) is 13.1. The molecule has 0 saturated carbocycles. The maximum atomic E-state index is 12.7. The molecule has 6 nitrogen and oxygen atoms in total. The summed E-state index contributed by atoms with van der Waals surface area (Å²) in [5, 5.41) is 3.75. The number of hydrogen-bond acceptors (Lipinski definition) is 5. The molecule has 2 heterocycles. The summed E-state index contributed by atoms with van der Waals surface area (Å²) in [7, 11) is 0. The number of carbonyl (C=O) groups excluding carboxylic acids is 1. The maximum absolute atomic E-state index is 12.7. The van der Waals surface area contributed by atoms with Gasteiger partial charge >= 0.3 is 0 Å². The smallest absolute Gasteiger partial charge is 0.263 e. The minimum atomic E-state index is -0.189. The zero-order valence-corrected chi connectivity index (χ0v) is 15.8. The summed E-state index contributed by atoms with van der Waals surface area (Å²) in [5.74, 6) is -0.0259. The number of carbonyl (C=O) groups is 1. The topological polar surface area (TPSA) is 76.9 Å². The molecule has 27 heavy (non-hydrogen) atoms. The number of nitrogens with zero attached hydrogens (tertiary/aromatic N) is 3. The van der Waals surface area contributed by atoms with Gasteiger partial charge in [0.1, 0.15) is 0 Å². The Kier molecular flexibility index (Phi) is 6.03. The number of benzene rings is 1. The average Bonchev–Trinajstić information content (AvgIpc) is 2.69. The highest BCUT2D eigenvalue weighted by Gasteiger charge is 2.13. The summed E-state index contributed by atoms with van der Waals surface area (Å²) in [5.41, 5.74) is 2.14. The van der Waals surface area contributed by atoms with Crippen LogP contribution in [0.3, 0.4) is 0 Å². The Morgan fingerprint density at radius 3 is 2.78 bits per heavy atom. The van der Waals surface area contributed by atoms with E-state index in [-0.39, 0.29) is 17.2 Å². The molecule has 0 spiro atoms. The van der Waals surface area contributed by atoms with Crippen molar-refractivity contribution in [2.45, 2.75) is 25.0 Å². The van der Waals surface area contributed by atoms with E-state index in [1.807, 2.05) is 24.3 Å². The number of nitrogens with one attached hydrogen (secondary N) is 1. The lowest BCUT2D eigenvalue weighted by molar-refractivity contribution is -0.113. The van der Waals surface area contributed by atoms with Gasteiger partial charge in [-0.1, -0.05) is 36.9 Å². The molecular formula is C20H20N4O2S. The largest absolute Gasteiger partial charge is 0.325 e. The van der Waals surface area contributed by atoms with Crippen molar-refractivity contribution in [3.63, 3.8) is 0 Å². The molecule has 0 aliphatic carbocycles. The summed E-state index contributed by atoms with van der Waals surface area (Å²) in [4.78, 5) is 33.5. The first-order valence-electron chi connectivity index (χ1n) is 8.60. The molecule has 1 amide bonds. The Balaban J connectivity index is 1.77. The van der Waals surface area contributed by atoms with Crippen LogP contribution >= 0.6 is 11.8 Å². The van der Waals surface area contributed by atoms with Crippen molar-refractivity contribution < 1.29 is 4.79 Å². The molecule has 0 aliphatic rings. The molecule has 0 unspecified atom stereocenters. The highest BCUT2D eigenvalue weighted by molar-refractivity contribution is 7.99. The van der Waals surface area contributed by atoms with Gasteiger partial charge in [-0.3, -0.25) is 14.2 Å². The van der Waals surface area contributed by atoms with Crippen LogP contribution in [-0.2, 0) is 17.8 Å². The predicted octanol–water partition coefficient (Wildman–Crippen LogP) is 3.27. The Labute approximate surface area is 161 Å². The number of aromatic nitrogens is 3. The van der Waals surface area contributed by atoms with Crippen LogP contribution in [0, 0.1) is 0 Å². The number of anilines is 1. The number of amides is 1. The zero-order valence-electron chi connectivity index (χ0n) is 15.0. The summed E-state index contributed by atoms with van der Waals surface area (Å²) in [6.45, 7) is 6.09. The second-order valence-electron chi connectivity index (χ2n) is 5.86. The Hall–Kier alpha value is -2.93. The minimum Gasteiger partial charge on any atom is -0.325 e. The van der Waals surface area contributed by atoms with Crippen molar-refractivity contribution in [2.75, 3.05) is 11.1 Å². The molecule has 1 N–H and O–H groups in total. The second-order valence-corrected chi connectivity index (χ2v) is 6.80. The first-order valence-corrected chi connectivity index (χ1v) is 9.59. The third kappa shape index (κ3) is 4.43. The highest BCUT2D eigenvalue weighted by Crippen LogP contribution is 2.18. The summed E-state index contributed by atoms with van der Waals surface area (Å²) >= 11 is 1.20. The van der Waals surface area contributed by atoms with Crippen LogP contribution in [0.2, 0.25) is 0 Å². The number of allylic oxidation sites excluding steroid dienone is 1. The van der Waals surface area contributed by atoms with Gasteiger partial charge in [0.25, 0.3) is 5.56 Å². The van der Waals surface area contributed by atoms with E-state index in [0.717, 1.165) is 12.1 Å². The molecular weight excluding hydrogens is 360 g/mol. The van der Waals surface area contributed by atoms with Crippen molar-refractivity contribution in [2.24, 2.45) is 0 Å². The lowest BCUT2D eigenvalue weighted by atomic mass is 10.1. The van der Waals surface area contributed by atoms with E-state index in [1.54, 1.807) is 24.4 Å². The number of pyridine rings is 1. The summed E-state index contributed by atoms with van der Waals surface area (Å²) in [6, 6.07) is 11.1. The van der Waals surface area contributed by atoms with Gasteiger partial charge in [-0.05, 0) is 36.2 Å². The molecule has 2 aromatic heterocycles. The van der Waals surface area contributed by atoms with Crippen LogP contribution in [0.25, 0.3) is 11.0 Å². The Bertz CT molecular complexity index is 1030. The van der Waals surface area contributed by atoms with Crippen molar-refractivity contribution in [1.29, 1.82) is 0 Å². The molecule has 0 radical (unpaired) electrons. The molecule has 0 saturated heterocycles. The molecule has 7 heteroatoms.